The molecule has 0 aliphatic rings. The number of hydrogen-bond donors (Lipinski definition) is 0. The van der Waals surface area contributed by atoms with Gasteiger partial charge < -0.3 is 0 Å². The lowest BCUT2D eigenvalue weighted by atomic mass is 10.1. The Morgan fingerprint density at radius 2 is 1.60 bits per heavy atom. The van der Waals surface area contributed by atoms with E-state index in [4.69, 9.17) is 0 Å². The van der Waals surface area contributed by atoms with Crippen molar-refractivity contribution in [2.24, 2.45) is 0 Å². The summed E-state index contributed by atoms with van der Waals surface area (Å²) in [5.41, 5.74) is 2.06. The maximum atomic E-state index is 10.6. The lowest BCUT2D eigenvalue weighted by molar-refractivity contribution is 0.112. The van der Waals surface area contributed by atoms with Gasteiger partial charge in [-0.25, -0.2) is 0 Å². The molecule has 0 N–H and O–H groups in total. The zero-order valence-electron chi connectivity index (χ0n) is 11.0. The standard InChI is InChI=1S/C18H14OS/c19-12-14-8-10-17(11-9-14)20-13-16-6-3-5-15-4-1-2-7-18(15)16/h1-12H,13H2. The second-order valence-electron chi connectivity index (χ2n) is 4.61. The number of thioether (sulfide) groups is 1. The molecule has 0 atom stereocenters. The van der Waals surface area contributed by atoms with E-state index in [0.717, 1.165) is 17.6 Å². The summed E-state index contributed by atoms with van der Waals surface area (Å²) in [5, 5.41) is 2.59. The fourth-order valence-corrected chi connectivity index (χ4v) is 3.12. The molecular weight excluding hydrogens is 264 g/mol. The Balaban J connectivity index is 1.81. The maximum absolute atomic E-state index is 10.6. The predicted octanol–water partition coefficient (Wildman–Crippen LogP) is 4.94. The maximum Gasteiger partial charge on any atom is 0.150 e. The summed E-state index contributed by atoms with van der Waals surface area (Å²) in [6.45, 7) is 0. The Morgan fingerprint density at radius 1 is 0.850 bits per heavy atom. The van der Waals surface area contributed by atoms with Crippen molar-refractivity contribution >= 4 is 28.8 Å². The van der Waals surface area contributed by atoms with Gasteiger partial charge in [-0.1, -0.05) is 54.6 Å². The molecule has 3 aromatic rings. The molecule has 0 spiro atoms. The van der Waals surface area contributed by atoms with Crippen LogP contribution < -0.4 is 0 Å². The average Bonchev–Trinajstić information content (AvgIpc) is 2.53. The van der Waals surface area contributed by atoms with Gasteiger partial charge in [0.15, 0.2) is 0 Å². The highest BCUT2D eigenvalue weighted by atomic mass is 32.2. The van der Waals surface area contributed by atoms with Gasteiger partial charge in [0.2, 0.25) is 0 Å². The van der Waals surface area contributed by atoms with Gasteiger partial charge in [-0.2, -0.15) is 0 Å². The lowest BCUT2D eigenvalue weighted by Crippen LogP contribution is -1.84. The van der Waals surface area contributed by atoms with Gasteiger partial charge in [-0.15, -0.1) is 11.8 Å². The Bertz CT molecular complexity index is 726. The summed E-state index contributed by atoms with van der Waals surface area (Å²) in [6, 6.07) is 22.6. The first kappa shape index (κ1) is 12.9. The molecule has 0 bridgehead atoms. The van der Waals surface area contributed by atoms with E-state index < -0.39 is 0 Å². The van der Waals surface area contributed by atoms with Crippen molar-refractivity contribution in [2.45, 2.75) is 10.6 Å². The number of fused-ring (bicyclic) bond motifs is 1. The number of hydrogen-bond acceptors (Lipinski definition) is 2. The van der Waals surface area contributed by atoms with Crippen LogP contribution >= 0.6 is 11.8 Å². The van der Waals surface area contributed by atoms with E-state index in [0.29, 0.717) is 0 Å². The van der Waals surface area contributed by atoms with E-state index in [9.17, 15) is 4.79 Å². The minimum Gasteiger partial charge on any atom is -0.298 e. The SMILES string of the molecule is O=Cc1ccc(SCc2cccc3ccccc23)cc1. The molecule has 0 fully saturated rings. The molecule has 0 amide bonds. The monoisotopic (exact) mass is 278 g/mol. The third-order valence-corrected chi connectivity index (χ3v) is 4.35. The zero-order valence-corrected chi connectivity index (χ0v) is 11.8. The van der Waals surface area contributed by atoms with E-state index in [1.165, 1.54) is 21.2 Å². The van der Waals surface area contributed by atoms with Crippen molar-refractivity contribution in [1.29, 1.82) is 0 Å². The van der Waals surface area contributed by atoms with E-state index in [1.807, 2.05) is 24.3 Å². The molecule has 0 radical (unpaired) electrons. The largest absolute Gasteiger partial charge is 0.298 e. The molecule has 0 aromatic heterocycles. The normalized spacial score (nSPS) is 10.6. The fourth-order valence-electron chi connectivity index (χ4n) is 2.22. The van der Waals surface area contributed by atoms with E-state index in [1.54, 1.807) is 11.8 Å². The Labute approximate surface area is 122 Å². The molecule has 0 aliphatic heterocycles. The second kappa shape index (κ2) is 5.93. The molecule has 98 valence electrons. The van der Waals surface area contributed by atoms with Crippen molar-refractivity contribution < 1.29 is 4.79 Å². The fraction of sp³-hybridized carbons (Fsp3) is 0.0556. The van der Waals surface area contributed by atoms with Crippen LogP contribution in [0, 0.1) is 0 Å². The van der Waals surface area contributed by atoms with Gasteiger partial charge in [-0.05, 0) is 28.5 Å². The molecule has 0 aliphatic carbocycles. The molecular formula is C18H14OS. The Morgan fingerprint density at radius 3 is 2.40 bits per heavy atom. The predicted molar refractivity (Wildman–Crippen MR) is 85.3 cm³/mol. The van der Waals surface area contributed by atoms with Gasteiger partial charge in [0, 0.05) is 16.2 Å². The van der Waals surface area contributed by atoms with Crippen LogP contribution in [0.1, 0.15) is 15.9 Å². The zero-order chi connectivity index (χ0) is 13.8. The quantitative estimate of drug-likeness (QED) is 0.496. The molecule has 0 saturated carbocycles. The van der Waals surface area contributed by atoms with E-state index in [2.05, 4.69) is 42.5 Å². The Hall–Kier alpha value is -2.06. The van der Waals surface area contributed by atoms with Crippen LogP contribution in [0.3, 0.4) is 0 Å². The highest BCUT2D eigenvalue weighted by Crippen LogP contribution is 2.27. The van der Waals surface area contributed by atoms with Crippen LogP contribution in [0.4, 0.5) is 0 Å². The highest BCUT2D eigenvalue weighted by Gasteiger charge is 2.01. The summed E-state index contributed by atoms with van der Waals surface area (Å²) in [7, 11) is 0. The van der Waals surface area contributed by atoms with Crippen molar-refractivity contribution in [3.8, 4) is 0 Å². The third kappa shape index (κ3) is 2.75. The van der Waals surface area contributed by atoms with Gasteiger partial charge >= 0.3 is 0 Å². The summed E-state index contributed by atoms with van der Waals surface area (Å²) in [4.78, 5) is 11.8. The van der Waals surface area contributed by atoms with Crippen LogP contribution in [0.5, 0.6) is 0 Å². The minimum absolute atomic E-state index is 0.722. The van der Waals surface area contributed by atoms with Crippen molar-refractivity contribution in [3.63, 3.8) is 0 Å². The lowest BCUT2D eigenvalue weighted by Gasteiger charge is -2.06. The molecule has 0 unspecified atom stereocenters. The number of benzene rings is 3. The molecule has 3 aromatic carbocycles. The van der Waals surface area contributed by atoms with Crippen molar-refractivity contribution in [1.82, 2.24) is 0 Å². The third-order valence-electron chi connectivity index (χ3n) is 3.29. The van der Waals surface area contributed by atoms with E-state index in [-0.39, 0.29) is 0 Å². The number of aldehydes is 1. The summed E-state index contributed by atoms with van der Waals surface area (Å²) in [5.74, 6) is 0.932. The highest BCUT2D eigenvalue weighted by molar-refractivity contribution is 7.98. The summed E-state index contributed by atoms with van der Waals surface area (Å²) >= 11 is 1.79. The second-order valence-corrected chi connectivity index (χ2v) is 5.66. The smallest absolute Gasteiger partial charge is 0.150 e. The van der Waals surface area contributed by atoms with Crippen molar-refractivity contribution in [2.75, 3.05) is 0 Å². The van der Waals surface area contributed by atoms with Crippen LogP contribution in [0.25, 0.3) is 10.8 Å². The topological polar surface area (TPSA) is 17.1 Å². The van der Waals surface area contributed by atoms with Gasteiger partial charge in [0.05, 0.1) is 0 Å². The van der Waals surface area contributed by atoms with Crippen molar-refractivity contribution in [3.05, 3.63) is 77.9 Å². The number of carbonyl (C=O) groups is 1. The van der Waals surface area contributed by atoms with Gasteiger partial charge in [0.25, 0.3) is 0 Å². The molecule has 0 heterocycles. The van der Waals surface area contributed by atoms with Crippen LogP contribution in [-0.2, 0) is 5.75 Å². The first-order valence-corrected chi connectivity index (χ1v) is 7.50. The molecule has 20 heavy (non-hydrogen) atoms. The molecule has 3 rings (SSSR count). The number of rotatable bonds is 4. The first-order valence-electron chi connectivity index (χ1n) is 6.51. The summed E-state index contributed by atoms with van der Waals surface area (Å²) < 4.78 is 0. The van der Waals surface area contributed by atoms with Crippen LogP contribution in [0.2, 0.25) is 0 Å². The van der Waals surface area contributed by atoms with E-state index >= 15 is 0 Å². The summed E-state index contributed by atoms with van der Waals surface area (Å²) in [6.07, 6.45) is 0.874. The molecule has 1 nitrogen and oxygen atoms in total. The first-order chi connectivity index (χ1) is 9.86. The average molecular weight is 278 g/mol. The molecule has 0 saturated heterocycles. The van der Waals surface area contributed by atoms with Crippen LogP contribution in [0.15, 0.2) is 71.6 Å². The van der Waals surface area contributed by atoms with Gasteiger partial charge in [-0.3, -0.25) is 4.79 Å². The minimum atomic E-state index is 0.722. The van der Waals surface area contributed by atoms with Crippen LogP contribution in [-0.4, -0.2) is 6.29 Å². The number of carbonyl (C=O) groups excluding carboxylic acids is 1. The van der Waals surface area contributed by atoms with Gasteiger partial charge in [0.1, 0.15) is 6.29 Å². The molecule has 2 heteroatoms. The Kier molecular flexibility index (Phi) is 3.84.